The molecule has 1 aliphatic rings. The van der Waals surface area contributed by atoms with E-state index in [2.05, 4.69) is 12.2 Å². The lowest BCUT2D eigenvalue weighted by Crippen LogP contribution is -2.39. The number of carboxylic acids is 1. The third kappa shape index (κ3) is 4.95. The summed E-state index contributed by atoms with van der Waals surface area (Å²) in [6.07, 6.45) is 3.88. The molecular formula is C16H30N2O4. The third-order valence-corrected chi connectivity index (χ3v) is 4.84. The van der Waals surface area contributed by atoms with Gasteiger partial charge in [0.2, 0.25) is 5.91 Å². The number of hydrogen-bond acceptors (Lipinski definition) is 4. The number of carbonyl (C=O) groups is 2. The summed E-state index contributed by atoms with van der Waals surface area (Å²) in [6, 6.07) is -0.241. The molecule has 4 atom stereocenters. The maximum atomic E-state index is 11.7. The first-order valence-corrected chi connectivity index (χ1v) is 8.23. The van der Waals surface area contributed by atoms with Crippen LogP contribution in [0.15, 0.2) is 0 Å². The molecule has 0 radical (unpaired) electrons. The van der Waals surface area contributed by atoms with Crippen LogP contribution in [-0.4, -0.2) is 40.8 Å². The van der Waals surface area contributed by atoms with Gasteiger partial charge in [-0.3, -0.25) is 9.59 Å². The summed E-state index contributed by atoms with van der Waals surface area (Å²) in [7, 11) is 0. The maximum Gasteiger partial charge on any atom is 0.312 e. The Morgan fingerprint density at radius 1 is 1.36 bits per heavy atom. The highest BCUT2D eigenvalue weighted by molar-refractivity contribution is 5.76. The molecule has 0 aliphatic heterocycles. The molecule has 0 spiro atoms. The number of nitrogens with two attached hydrogens (primary N) is 1. The Labute approximate surface area is 132 Å². The van der Waals surface area contributed by atoms with Crippen molar-refractivity contribution in [3.8, 4) is 0 Å². The lowest BCUT2D eigenvalue weighted by atomic mass is 9.76. The van der Waals surface area contributed by atoms with Crippen LogP contribution in [0.4, 0.5) is 0 Å². The Bertz CT molecular complexity index is 388. The van der Waals surface area contributed by atoms with Crippen molar-refractivity contribution in [2.45, 2.75) is 70.9 Å². The third-order valence-electron chi connectivity index (χ3n) is 4.84. The van der Waals surface area contributed by atoms with E-state index < -0.39 is 17.5 Å². The summed E-state index contributed by atoms with van der Waals surface area (Å²) in [4.78, 5) is 22.6. The largest absolute Gasteiger partial charge is 0.481 e. The molecule has 1 fully saturated rings. The lowest BCUT2D eigenvalue weighted by Gasteiger charge is -2.30. The highest BCUT2D eigenvalue weighted by Gasteiger charge is 2.51. The predicted molar refractivity (Wildman–Crippen MR) is 84.2 cm³/mol. The number of carboxylic acid groups (broad SMARTS) is 1. The van der Waals surface area contributed by atoms with Crippen LogP contribution in [0, 0.1) is 11.3 Å². The molecule has 1 amide bonds. The van der Waals surface area contributed by atoms with E-state index >= 15 is 0 Å². The molecule has 0 aromatic rings. The number of carbonyl (C=O) groups excluding carboxylic acids is 1. The fourth-order valence-corrected chi connectivity index (χ4v) is 3.56. The zero-order valence-corrected chi connectivity index (χ0v) is 13.7. The highest BCUT2D eigenvalue weighted by Crippen LogP contribution is 2.43. The minimum absolute atomic E-state index is 0.0468. The van der Waals surface area contributed by atoms with E-state index in [0.29, 0.717) is 31.7 Å². The van der Waals surface area contributed by atoms with Gasteiger partial charge in [-0.05, 0) is 38.0 Å². The average molecular weight is 314 g/mol. The van der Waals surface area contributed by atoms with Crippen molar-refractivity contribution in [3.63, 3.8) is 0 Å². The number of amides is 1. The second kappa shape index (κ2) is 8.48. The van der Waals surface area contributed by atoms with Gasteiger partial charge in [-0.1, -0.05) is 19.8 Å². The molecule has 6 heteroatoms. The fourth-order valence-electron chi connectivity index (χ4n) is 3.56. The number of hydrogen-bond donors (Lipinski definition) is 4. The lowest BCUT2D eigenvalue weighted by molar-refractivity contribution is -0.155. The molecule has 6 nitrogen and oxygen atoms in total. The monoisotopic (exact) mass is 314 g/mol. The number of aliphatic hydroxyl groups is 1. The Morgan fingerprint density at radius 2 is 2.05 bits per heavy atom. The summed E-state index contributed by atoms with van der Waals surface area (Å²) in [5.74, 6) is -0.628. The van der Waals surface area contributed by atoms with Crippen LogP contribution in [0.1, 0.15) is 58.8 Å². The van der Waals surface area contributed by atoms with Crippen molar-refractivity contribution >= 4 is 11.9 Å². The van der Waals surface area contributed by atoms with Crippen molar-refractivity contribution in [2.75, 3.05) is 6.54 Å². The number of aliphatic carboxylic acids is 1. The van der Waals surface area contributed by atoms with Crippen LogP contribution in [0.25, 0.3) is 0 Å². The summed E-state index contributed by atoms with van der Waals surface area (Å²) < 4.78 is 0. The molecule has 0 saturated heterocycles. The Morgan fingerprint density at radius 3 is 2.50 bits per heavy atom. The normalized spacial score (nSPS) is 29.3. The van der Waals surface area contributed by atoms with Crippen LogP contribution < -0.4 is 11.1 Å². The molecule has 128 valence electrons. The van der Waals surface area contributed by atoms with Crippen molar-refractivity contribution in [1.82, 2.24) is 5.32 Å². The smallest absolute Gasteiger partial charge is 0.312 e. The van der Waals surface area contributed by atoms with Crippen LogP contribution in [0.5, 0.6) is 0 Å². The standard InChI is InChI=1S/C16H30N2O4/c1-3-4-12(6-8-18-11(2)19)5-7-16(15(21)22)10-13(17)9-14(16)20/h12-14,20H,3-10,17H2,1-2H3,(H,18,19)(H,21,22). The van der Waals surface area contributed by atoms with Crippen molar-refractivity contribution < 1.29 is 19.8 Å². The zero-order valence-electron chi connectivity index (χ0n) is 13.7. The van der Waals surface area contributed by atoms with Gasteiger partial charge in [0.05, 0.1) is 11.5 Å². The highest BCUT2D eigenvalue weighted by atomic mass is 16.4. The summed E-state index contributed by atoms with van der Waals surface area (Å²) in [5, 5.41) is 22.5. The van der Waals surface area contributed by atoms with Gasteiger partial charge in [-0.2, -0.15) is 0 Å². The van der Waals surface area contributed by atoms with Crippen LogP contribution in [-0.2, 0) is 9.59 Å². The molecule has 1 rings (SSSR count). The van der Waals surface area contributed by atoms with E-state index in [4.69, 9.17) is 5.73 Å². The number of aliphatic hydroxyl groups excluding tert-OH is 1. The van der Waals surface area contributed by atoms with Gasteiger partial charge in [0, 0.05) is 19.5 Å². The summed E-state index contributed by atoms with van der Waals surface area (Å²) >= 11 is 0. The first kappa shape index (κ1) is 18.9. The van der Waals surface area contributed by atoms with Gasteiger partial charge in [0.1, 0.15) is 0 Å². The SMILES string of the molecule is CCCC(CCNC(C)=O)CCC1(C(=O)O)CC(N)CC1O. The van der Waals surface area contributed by atoms with Crippen LogP contribution >= 0.6 is 0 Å². The molecule has 0 aromatic carbocycles. The first-order valence-electron chi connectivity index (χ1n) is 8.23. The van der Waals surface area contributed by atoms with E-state index in [1.165, 1.54) is 6.92 Å². The number of rotatable bonds is 9. The quantitative estimate of drug-likeness (QED) is 0.512. The molecule has 22 heavy (non-hydrogen) atoms. The predicted octanol–water partition coefficient (Wildman–Crippen LogP) is 1.26. The average Bonchev–Trinajstić information content (AvgIpc) is 2.71. The van der Waals surface area contributed by atoms with Gasteiger partial charge < -0.3 is 21.3 Å². The minimum Gasteiger partial charge on any atom is -0.481 e. The zero-order chi connectivity index (χ0) is 16.8. The van der Waals surface area contributed by atoms with Crippen LogP contribution in [0.3, 0.4) is 0 Å². The van der Waals surface area contributed by atoms with E-state index in [9.17, 15) is 19.8 Å². The van der Waals surface area contributed by atoms with Gasteiger partial charge in [0.15, 0.2) is 0 Å². The van der Waals surface area contributed by atoms with E-state index in [0.717, 1.165) is 25.7 Å². The molecule has 0 aromatic heterocycles. The van der Waals surface area contributed by atoms with Crippen molar-refractivity contribution in [1.29, 1.82) is 0 Å². The number of nitrogens with one attached hydrogen (secondary N) is 1. The van der Waals surface area contributed by atoms with E-state index in [1.807, 2.05) is 0 Å². The molecule has 4 unspecified atom stereocenters. The van der Waals surface area contributed by atoms with Gasteiger partial charge in [0.25, 0.3) is 0 Å². The molecule has 0 heterocycles. The molecule has 0 bridgehead atoms. The fraction of sp³-hybridized carbons (Fsp3) is 0.875. The van der Waals surface area contributed by atoms with Gasteiger partial charge in [-0.25, -0.2) is 0 Å². The van der Waals surface area contributed by atoms with Gasteiger partial charge in [-0.15, -0.1) is 0 Å². The Kier molecular flexibility index (Phi) is 7.29. The first-order chi connectivity index (χ1) is 10.3. The second-order valence-electron chi connectivity index (χ2n) is 6.64. The summed E-state index contributed by atoms with van der Waals surface area (Å²) in [6.45, 7) is 4.20. The molecule has 1 aliphatic carbocycles. The van der Waals surface area contributed by atoms with E-state index in [1.54, 1.807) is 0 Å². The minimum atomic E-state index is -1.10. The molecular weight excluding hydrogens is 284 g/mol. The maximum absolute atomic E-state index is 11.7. The Balaban J connectivity index is 2.60. The van der Waals surface area contributed by atoms with Crippen molar-refractivity contribution in [2.24, 2.45) is 17.1 Å². The van der Waals surface area contributed by atoms with E-state index in [-0.39, 0.29) is 11.9 Å². The topological polar surface area (TPSA) is 113 Å². The van der Waals surface area contributed by atoms with Crippen molar-refractivity contribution in [3.05, 3.63) is 0 Å². The summed E-state index contributed by atoms with van der Waals surface area (Å²) in [5.41, 5.74) is 4.75. The molecule has 5 N–H and O–H groups in total. The molecule has 1 saturated carbocycles. The van der Waals surface area contributed by atoms with Gasteiger partial charge >= 0.3 is 5.97 Å². The second-order valence-corrected chi connectivity index (χ2v) is 6.64. The Hall–Kier alpha value is -1.14. The van der Waals surface area contributed by atoms with Crippen LogP contribution in [0.2, 0.25) is 0 Å².